The molecule has 0 aromatic carbocycles. The number of aryl methyl sites for hydroxylation is 2. The Morgan fingerprint density at radius 3 is 2.77 bits per heavy atom. The number of rotatable bonds is 7. The molecule has 0 unspecified atom stereocenters. The number of carboxylic acid groups (broad SMARTS) is 1. The molecule has 0 amide bonds. The van der Waals surface area contributed by atoms with Gasteiger partial charge in [0.05, 0.1) is 17.9 Å². The molecular weight excluding hydrogens is 280 g/mol. The van der Waals surface area contributed by atoms with Gasteiger partial charge in [-0.2, -0.15) is 0 Å². The van der Waals surface area contributed by atoms with E-state index in [2.05, 4.69) is 20.2 Å². The van der Waals surface area contributed by atoms with E-state index in [1.54, 1.807) is 6.20 Å². The summed E-state index contributed by atoms with van der Waals surface area (Å²) in [6.45, 7) is 4.99. The van der Waals surface area contributed by atoms with E-state index in [0.29, 0.717) is 12.1 Å². The lowest BCUT2D eigenvalue weighted by molar-refractivity contribution is -0.139. The van der Waals surface area contributed by atoms with Crippen LogP contribution in [0.3, 0.4) is 0 Å². The van der Waals surface area contributed by atoms with E-state index in [1.807, 2.05) is 13.8 Å². The maximum atomic E-state index is 11.0. The predicted octanol–water partition coefficient (Wildman–Crippen LogP) is 1.83. The van der Waals surface area contributed by atoms with E-state index >= 15 is 0 Å². The van der Waals surface area contributed by atoms with E-state index in [-0.39, 0.29) is 6.54 Å². The van der Waals surface area contributed by atoms with Gasteiger partial charge in [-0.3, -0.25) is 14.7 Å². The summed E-state index contributed by atoms with van der Waals surface area (Å²) < 4.78 is 0. The topological polar surface area (TPSA) is 78.4 Å². The van der Waals surface area contributed by atoms with Crippen LogP contribution in [0.2, 0.25) is 0 Å². The number of anilines is 1. The third kappa shape index (κ3) is 3.74. The minimum Gasteiger partial charge on any atom is -0.480 e. The molecule has 120 valence electrons. The zero-order valence-corrected chi connectivity index (χ0v) is 13.2. The van der Waals surface area contributed by atoms with Gasteiger partial charge in [-0.05, 0) is 45.4 Å². The summed E-state index contributed by atoms with van der Waals surface area (Å²) in [5.41, 5.74) is 1.82. The van der Waals surface area contributed by atoms with Gasteiger partial charge in [-0.25, -0.2) is 4.98 Å². The third-order valence-corrected chi connectivity index (χ3v) is 4.57. The van der Waals surface area contributed by atoms with Gasteiger partial charge < -0.3 is 10.4 Å². The van der Waals surface area contributed by atoms with Crippen molar-refractivity contribution in [3.05, 3.63) is 17.6 Å². The molecule has 6 nitrogen and oxygen atoms in total. The van der Waals surface area contributed by atoms with Crippen LogP contribution in [0.25, 0.3) is 0 Å². The van der Waals surface area contributed by atoms with Gasteiger partial charge in [-0.1, -0.05) is 0 Å². The second-order valence-corrected chi connectivity index (χ2v) is 6.68. The Bertz CT molecular complexity index is 553. The average Bonchev–Trinajstić information content (AvgIpc) is 3.20. The minimum absolute atomic E-state index is 0.164. The van der Waals surface area contributed by atoms with Crippen molar-refractivity contribution < 1.29 is 9.90 Å². The molecule has 2 aliphatic carbocycles. The lowest BCUT2D eigenvalue weighted by atomic mass is 9.85. The van der Waals surface area contributed by atoms with Gasteiger partial charge in [-0.15, -0.1) is 0 Å². The quantitative estimate of drug-likeness (QED) is 0.800. The molecule has 6 heteroatoms. The standard InChI is InChI=1S/C16H24N4O2/c1-10-7-17-11(2)16(18-10)19-13-5-14(6-13)20(9-15(21)22)8-12-3-4-12/h7,12-14H,3-6,8-9H2,1-2H3,(H,18,19)(H,21,22). The minimum atomic E-state index is -0.725. The number of hydrogen-bond acceptors (Lipinski definition) is 5. The van der Waals surface area contributed by atoms with Crippen molar-refractivity contribution in [1.82, 2.24) is 14.9 Å². The van der Waals surface area contributed by atoms with Gasteiger partial charge in [0, 0.05) is 24.8 Å². The van der Waals surface area contributed by atoms with Crippen LogP contribution >= 0.6 is 0 Å². The fourth-order valence-corrected chi connectivity index (χ4v) is 3.02. The molecule has 2 aliphatic rings. The van der Waals surface area contributed by atoms with Crippen molar-refractivity contribution in [3.63, 3.8) is 0 Å². The number of nitrogens with one attached hydrogen (secondary N) is 1. The van der Waals surface area contributed by atoms with Gasteiger partial charge in [0.2, 0.25) is 0 Å². The smallest absolute Gasteiger partial charge is 0.317 e. The Morgan fingerprint density at radius 1 is 1.41 bits per heavy atom. The summed E-state index contributed by atoms with van der Waals surface area (Å²) in [5, 5.41) is 12.5. The number of aliphatic carboxylic acids is 1. The van der Waals surface area contributed by atoms with E-state index in [0.717, 1.165) is 42.5 Å². The molecule has 0 radical (unpaired) electrons. The molecule has 1 aromatic rings. The van der Waals surface area contributed by atoms with Crippen LogP contribution in [0.4, 0.5) is 5.82 Å². The normalized spacial score (nSPS) is 24.1. The Balaban J connectivity index is 1.53. The van der Waals surface area contributed by atoms with Crippen molar-refractivity contribution in [2.24, 2.45) is 5.92 Å². The molecule has 3 rings (SSSR count). The van der Waals surface area contributed by atoms with Gasteiger partial charge in [0.15, 0.2) is 0 Å². The van der Waals surface area contributed by atoms with Gasteiger partial charge in [0.25, 0.3) is 0 Å². The van der Waals surface area contributed by atoms with Crippen LogP contribution in [-0.4, -0.2) is 51.1 Å². The summed E-state index contributed by atoms with van der Waals surface area (Å²) >= 11 is 0. The summed E-state index contributed by atoms with van der Waals surface area (Å²) in [6, 6.07) is 0.752. The summed E-state index contributed by atoms with van der Waals surface area (Å²) in [7, 11) is 0. The Labute approximate surface area is 131 Å². The van der Waals surface area contributed by atoms with E-state index < -0.39 is 5.97 Å². The maximum Gasteiger partial charge on any atom is 0.317 e. The highest BCUT2D eigenvalue weighted by molar-refractivity contribution is 5.69. The van der Waals surface area contributed by atoms with Crippen molar-refractivity contribution in [2.45, 2.75) is 51.6 Å². The first-order chi connectivity index (χ1) is 10.5. The lowest BCUT2D eigenvalue weighted by Gasteiger charge is -2.43. The lowest BCUT2D eigenvalue weighted by Crippen LogP contribution is -2.52. The molecule has 22 heavy (non-hydrogen) atoms. The summed E-state index contributed by atoms with van der Waals surface area (Å²) in [4.78, 5) is 22.0. The van der Waals surface area contributed by atoms with Crippen molar-refractivity contribution in [1.29, 1.82) is 0 Å². The van der Waals surface area contributed by atoms with Crippen LogP contribution in [0, 0.1) is 19.8 Å². The molecule has 0 spiro atoms. The molecule has 1 aromatic heterocycles. The highest BCUT2D eigenvalue weighted by atomic mass is 16.4. The van der Waals surface area contributed by atoms with Crippen molar-refractivity contribution >= 4 is 11.8 Å². The highest BCUT2D eigenvalue weighted by Crippen LogP contribution is 2.34. The molecule has 2 fully saturated rings. The van der Waals surface area contributed by atoms with Crippen LogP contribution in [-0.2, 0) is 4.79 Å². The summed E-state index contributed by atoms with van der Waals surface area (Å²) in [6.07, 6.45) is 6.24. The second kappa shape index (κ2) is 6.20. The van der Waals surface area contributed by atoms with Crippen LogP contribution in [0.15, 0.2) is 6.20 Å². The molecule has 2 saturated carbocycles. The molecule has 1 heterocycles. The molecule has 0 aliphatic heterocycles. The number of hydrogen-bond donors (Lipinski definition) is 2. The van der Waals surface area contributed by atoms with Crippen LogP contribution < -0.4 is 5.32 Å². The number of carboxylic acids is 1. The van der Waals surface area contributed by atoms with Gasteiger partial charge in [0.1, 0.15) is 5.82 Å². The molecule has 2 N–H and O–H groups in total. The largest absolute Gasteiger partial charge is 0.480 e. The monoisotopic (exact) mass is 304 g/mol. The van der Waals surface area contributed by atoms with E-state index in [4.69, 9.17) is 5.11 Å². The Kier molecular flexibility index (Phi) is 4.29. The Hall–Kier alpha value is -1.69. The average molecular weight is 304 g/mol. The van der Waals surface area contributed by atoms with Gasteiger partial charge >= 0.3 is 5.97 Å². The molecule has 0 saturated heterocycles. The number of aromatic nitrogens is 2. The molecule has 0 atom stereocenters. The first kappa shape index (κ1) is 15.2. The van der Waals surface area contributed by atoms with Crippen LogP contribution in [0.1, 0.15) is 37.1 Å². The zero-order valence-electron chi connectivity index (χ0n) is 13.2. The number of carbonyl (C=O) groups is 1. The second-order valence-electron chi connectivity index (χ2n) is 6.68. The van der Waals surface area contributed by atoms with E-state index in [1.165, 1.54) is 12.8 Å². The highest BCUT2D eigenvalue weighted by Gasteiger charge is 2.37. The first-order valence-corrected chi connectivity index (χ1v) is 8.04. The maximum absolute atomic E-state index is 11.0. The number of nitrogens with zero attached hydrogens (tertiary/aromatic N) is 3. The fraction of sp³-hybridized carbons (Fsp3) is 0.688. The molecule has 0 bridgehead atoms. The third-order valence-electron chi connectivity index (χ3n) is 4.57. The van der Waals surface area contributed by atoms with Crippen molar-refractivity contribution in [3.8, 4) is 0 Å². The Morgan fingerprint density at radius 2 is 2.14 bits per heavy atom. The van der Waals surface area contributed by atoms with Crippen LogP contribution in [0.5, 0.6) is 0 Å². The fourth-order valence-electron chi connectivity index (χ4n) is 3.02. The summed E-state index contributed by atoms with van der Waals surface area (Å²) in [5.74, 6) is 0.851. The predicted molar refractivity (Wildman–Crippen MR) is 83.9 cm³/mol. The van der Waals surface area contributed by atoms with E-state index in [9.17, 15) is 4.79 Å². The molecular formula is C16H24N4O2. The first-order valence-electron chi connectivity index (χ1n) is 8.04. The van der Waals surface area contributed by atoms with Crippen molar-refractivity contribution in [2.75, 3.05) is 18.4 Å². The SMILES string of the molecule is Cc1cnc(C)c(NC2CC(N(CC(=O)O)CC3CC3)C2)n1. The zero-order chi connectivity index (χ0) is 15.7.